The number of halogens is 2. The Bertz CT molecular complexity index is 411. The third kappa shape index (κ3) is 1.51. The molecular formula is C7H5Cl2N4S+. The van der Waals surface area contributed by atoms with E-state index >= 15 is 0 Å². The molecule has 0 bridgehead atoms. The van der Waals surface area contributed by atoms with Crippen LogP contribution in [0.15, 0.2) is 17.0 Å². The lowest BCUT2D eigenvalue weighted by Crippen LogP contribution is -2.37. The van der Waals surface area contributed by atoms with Crippen molar-refractivity contribution >= 4 is 40.7 Å². The Balaban J connectivity index is 2.47. The molecule has 14 heavy (non-hydrogen) atoms. The summed E-state index contributed by atoms with van der Waals surface area (Å²) in [6.07, 6.45) is 0. The van der Waals surface area contributed by atoms with Crippen LogP contribution in [0.1, 0.15) is 0 Å². The Morgan fingerprint density at radius 2 is 2.07 bits per heavy atom. The fourth-order valence-electron chi connectivity index (χ4n) is 1.14. The highest BCUT2D eigenvalue weighted by Crippen LogP contribution is 2.46. The second-order valence-corrected chi connectivity index (χ2v) is 4.87. The Labute approximate surface area is 94.4 Å². The van der Waals surface area contributed by atoms with E-state index in [0.717, 1.165) is 4.90 Å². The van der Waals surface area contributed by atoms with Gasteiger partial charge in [0.05, 0.1) is 15.7 Å². The number of fused-ring (bicyclic) bond motifs is 1. The van der Waals surface area contributed by atoms with Crippen molar-refractivity contribution in [2.75, 3.05) is 5.32 Å². The summed E-state index contributed by atoms with van der Waals surface area (Å²) >= 11 is 12.8. The summed E-state index contributed by atoms with van der Waals surface area (Å²) in [6, 6.07) is 3.32. The molecule has 1 aliphatic heterocycles. The van der Waals surface area contributed by atoms with Gasteiger partial charge in [-0.05, 0) is 12.1 Å². The molecule has 72 valence electrons. The van der Waals surface area contributed by atoms with E-state index in [0.29, 0.717) is 15.7 Å². The number of hydrogen-bond donors (Lipinski definition) is 2. The highest BCUT2D eigenvalue weighted by Gasteiger charge is 2.47. The maximum Gasteiger partial charge on any atom is 0.506 e. The summed E-state index contributed by atoms with van der Waals surface area (Å²) in [5.74, 6) is 0. The molecule has 2 rings (SSSR count). The first kappa shape index (κ1) is 9.87. The SMILES string of the molecule is N#[N+]C1(N)Nc2cc(Cl)c(Cl)cc2S1. The largest absolute Gasteiger partial charge is 0.506 e. The molecular weight excluding hydrogens is 243 g/mol. The molecule has 1 heterocycles. The van der Waals surface area contributed by atoms with Crippen molar-refractivity contribution in [3.63, 3.8) is 0 Å². The highest BCUT2D eigenvalue weighted by atomic mass is 35.5. The van der Waals surface area contributed by atoms with Crippen molar-refractivity contribution in [3.8, 4) is 0 Å². The normalized spacial score (nSPS) is 23.9. The minimum atomic E-state index is -1.24. The van der Waals surface area contributed by atoms with Gasteiger partial charge in [0.2, 0.25) is 5.39 Å². The zero-order valence-corrected chi connectivity index (χ0v) is 9.12. The van der Waals surface area contributed by atoms with Crippen LogP contribution in [0.5, 0.6) is 0 Å². The summed E-state index contributed by atoms with van der Waals surface area (Å²) in [7, 11) is 0. The van der Waals surface area contributed by atoms with E-state index in [9.17, 15) is 0 Å². The lowest BCUT2D eigenvalue weighted by molar-refractivity contribution is 0.851. The third-order valence-electron chi connectivity index (χ3n) is 1.75. The van der Waals surface area contributed by atoms with Crippen LogP contribution in [0.25, 0.3) is 4.98 Å². The molecule has 1 aliphatic rings. The number of nitrogens with zero attached hydrogens (tertiary/aromatic N) is 2. The van der Waals surface area contributed by atoms with Crippen LogP contribution in [-0.2, 0) is 0 Å². The molecule has 0 amide bonds. The number of diazo groups is 1. The Kier molecular flexibility index (Phi) is 2.24. The summed E-state index contributed by atoms with van der Waals surface area (Å²) < 4.78 is 0. The first-order valence-electron chi connectivity index (χ1n) is 3.65. The fourth-order valence-corrected chi connectivity index (χ4v) is 2.47. The van der Waals surface area contributed by atoms with Gasteiger partial charge in [0.25, 0.3) is 0 Å². The molecule has 1 aromatic carbocycles. The third-order valence-corrected chi connectivity index (χ3v) is 3.53. The summed E-state index contributed by atoms with van der Waals surface area (Å²) in [5.41, 5.74) is 6.37. The summed E-state index contributed by atoms with van der Waals surface area (Å²) in [6.45, 7) is 0. The minimum Gasteiger partial charge on any atom is -0.283 e. The standard InChI is InChI=1S/C7H5Cl2N4S/c8-3-1-5-6(2-4(3)9)14-7(10,12-5)13-11/h1-2,12H,10H2/q+1. The molecule has 0 aliphatic carbocycles. The molecule has 0 spiro atoms. The van der Waals surface area contributed by atoms with Crippen molar-refractivity contribution in [3.05, 3.63) is 27.2 Å². The molecule has 0 saturated heterocycles. The van der Waals surface area contributed by atoms with Crippen LogP contribution in [0.2, 0.25) is 10.0 Å². The fraction of sp³-hybridized carbons (Fsp3) is 0.143. The molecule has 0 saturated carbocycles. The maximum absolute atomic E-state index is 8.69. The van der Waals surface area contributed by atoms with E-state index in [1.807, 2.05) is 0 Å². The van der Waals surface area contributed by atoms with Crippen LogP contribution < -0.4 is 11.1 Å². The van der Waals surface area contributed by atoms with Crippen molar-refractivity contribution in [2.24, 2.45) is 5.73 Å². The zero-order chi connectivity index (χ0) is 10.3. The van der Waals surface area contributed by atoms with E-state index in [-0.39, 0.29) is 0 Å². The van der Waals surface area contributed by atoms with Crippen LogP contribution in [0, 0.1) is 5.39 Å². The Morgan fingerprint density at radius 3 is 2.71 bits per heavy atom. The molecule has 4 nitrogen and oxygen atoms in total. The van der Waals surface area contributed by atoms with Gasteiger partial charge in [-0.15, -0.1) is 0 Å². The topological polar surface area (TPSA) is 66.2 Å². The van der Waals surface area contributed by atoms with E-state index in [1.165, 1.54) is 11.8 Å². The lowest BCUT2D eigenvalue weighted by Gasteiger charge is -2.00. The zero-order valence-electron chi connectivity index (χ0n) is 6.79. The predicted octanol–water partition coefficient (Wildman–Crippen LogP) is 2.93. The molecule has 7 heteroatoms. The highest BCUT2D eigenvalue weighted by molar-refractivity contribution is 8.01. The van der Waals surface area contributed by atoms with Gasteiger partial charge < -0.3 is 0 Å². The number of benzene rings is 1. The first-order chi connectivity index (χ1) is 6.54. The monoisotopic (exact) mass is 247 g/mol. The minimum absolute atomic E-state index is 0.431. The van der Waals surface area contributed by atoms with Gasteiger partial charge in [0.15, 0.2) is 4.98 Å². The lowest BCUT2D eigenvalue weighted by atomic mass is 10.3. The van der Waals surface area contributed by atoms with Gasteiger partial charge in [-0.3, -0.25) is 5.32 Å². The number of nitrogens with two attached hydrogens (primary N) is 1. The Hall–Kier alpha value is -0.670. The van der Waals surface area contributed by atoms with Crippen LogP contribution in [-0.4, -0.2) is 5.12 Å². The van der Waals surface area contributed by atoms with Crippen molar-refractivity contribution in [1.29, 1.82) is 5.39 Å². The number of anilines is 1. The molecule has 0 radical (unpaired) electrons. The number of hydrogen-bond acceptors (Lipinski definition) is 4. The molecule has 0 aromatic heterocycles. The smallest absolute Gasteiger partial charge is 0.283 e. The van der Waals surface area contributed by atoms with E-state index in [2.05, 4.69) is 10.3 Å². The van der Waals surface area contributed by atoms with Crippen LogP contribution in [0.4, 0.5) is 5.69 Å². The van der Waals surface area contributed by atoms with Gasteiger partial charge in [0.1, 0.15) is 0 Å². The number of thioether (sulfide) groups is 1. The molecule has 0 fully saturated rings. The van der Waals surface area contributed by atoms with Crippen molar-refractivity contribution in [2.45, 2.75) is 10.0 Å². The van der Waals surface area contributed by atoms with Crippen LogP contribution >= 0.6 is 35.0 Å². The average molecular weight is 248 g/mol. The van der Waals surface area contributed by atoms with E-state index < -0.39 is 5.12 Å². The number of rotatable bonds is 0. The molecule has 1 atom stereocenters. The van der Waals surface area contributed by atoms with Gasteiger partial charge in [-0.25, -0.2) is 5.73 Å². The number of nitrogens with one attached hydrogen (secondary N) is 1. The molecule has 1 aromatic rings. The van der Waals surface area contributed by atoms with E-state index in [1.54, 1.807) is 12.1 Å². The van der Waals surface area contributed by atoms with Crippen molar-refractivity contribution < 1.29 is 0 Å². The quantitative estimate of drug-likeness (QED) is 0.692. The first-order valence-corrected chi connectivity index (χ1v) is 5.23. The van der Waals surface area contributed by atoms with Crippen LogP contribution in [0.3, 0.4) is 0 Å². The second-order valence-electron chi connectivity index (χ2n) is 2.79. The summed E-state index contributed by atoms with van der Waals surface area (Å²) in [4.78, 5) is 3.84. The molecule has 1 unspecified atom stereocenters. The van der Waals surface area contributed by atoms with Gasteiger partial charge >= 0.3 is 5.12 Å². The second kappa shape index (κ2) is 3.17. The average Bonchev–Trinajstić information content (AvgIpc) is 2.43. The van der Waals surface area contributed by atoms with Gasteiger partial charge in [-0.2, -0.15) is 0 Å². The van der Waals surface area contributed by atoms with Gasteiger partial charge in [0, 0.05) is 16.7 Å². The predicted molar refractivity (Wildman–Crippen MR) is 57.9 cm³/mol. The van der Waals surface area contributed by atoms with Gasteiger partial charge in [-0.1, -0.05) is 23.2 Å². The maximum atomic E-state index is 8.69. The van der Waals surface area contributed by atoms with E-state index in [4.69, 9.17) is 34.3 Å². The molecule has 3 N–H and O–H groups in total. The summed E-state index contributed by atoms with van der Waals surface area (Å²) in [5, 5.41) is 11.1. The Morgan fingerprint density at radius 1 is 1.43 bits per heavy atom. The van der Waals surface area contributed by atoms with Crippen molar-refractivity contribution in [1.82, 2.24) is 0 Å².